The Morgan fingerprint density at radius 2 is 2.06 bits per heavy atom. The third kappa shape index (κ3) is 4.75. The van der Waals surface area contributed by atoms with Crippen LogP contribution in [0, 0.1) is 0 Å². The lowest BCUT2D eigenvalue weighted by Crippen LogP contribution is -2.24. The number of para-hydroxylation sites is 1. The minimum atomic E-state index is 0.136. The van der Waals surface area contributed by atoms with Gasteiger partial charge in [-0.1, -0.05) is 18.2 Å². The molecule has 100 valence electrons. The number of methoxy groups -OCH3 is 1. The number of rotatable bonds is 7. The highest BCUT2D eigenvalue weighted by atomic mass is 16.5. The van der Waals surface area contributed by atoms with E-state index in [1.165, 1.54) is 5.56 Å². The van der Waals surface area contributed by atoms with Gasteiger partial charge in [-0.2, -0.15) is 0 Å². The van der Waals surface area contributed by atoms with E-state index in [4.69, 9.17) is 4.74 Å². The fourth-order valence-electron chi connectivity index (χ4n) is 1.65. The van der Waals surface area contributed by atoms with Crippen molar-refractivity contribution in [1.82, 2.24) is 4.90 Å². The molecule has 0 heterocycles. The Morgan fingerprint density at radius 3 is 2.72 bits per heavy atom. The van der Waals surface area contributed by atoms with E-state index < -0.39 is 0 Å². The van der Waals surface area contributed by atoms with Crippen LogP contribution in [0.5, 0.6) is 0 Å². The second kappa shape index (κ2) is 7.71. The van der Waals surface area contributed by atoms with Crippen LogP contribution in [0.1, 0.15) is 12.0 Å². The number of anilines is 1. The third-order valence-electron chi connectivity index (χ3n) is 2.75. The average molecular weight is 250 g/mol. The fourth-order valence-corrected chi connectivity index (χ4v) is 1.65. The second-order valence-electron chi connectivity index (χ2n) is 4.36. The zero-order valence-corrected chi connectivity index (χ0v) is 11.4. The molecule has 0 saturated heterocycles. The number of nitrogens with one attached hydrogen (secondary N) is 1. The van der Waals surface area contributed by atoms with Crippen molar-refractivity contribution in [2.24, 2.45) is 0 Å². The zero-order chi connectivity index (χ0) is 13.4. The first-order chi connectivity index (χ1) is 8.65. The van der Waals surface area contributed by atoms with Crippen LogP contribution in [0.25, 0.3) is 0 Å². The molecule has 4 nitrogen and oxygen atoms in total. The summed E-state index contributed by atoms with van der Waals surface area (Å²) in [6, 6.07) is 8.12. The van der Waals surface area contributed by atoms with E-state index in [1.807, 2.05) is 18.2 Å². The standard InChI is InChI=1S/C14H22N2O2/c1-16(2)14(17)8-10-15-13-7-5-4-6-12(13)9-11-18-3/h4-7,15H,8-11H2,1-3H3. The van der Waals surface area contributed by atoms with Gasteiger partial charge in [0.1, 0.15) is 0 Å². The summed E-state index contributed by atoms with van der Waals surface area (Å²) in [7, 11) is 5.25. The maximum Gasteiger partial charge on any atom is 0.223 e. The summed E-state index contributed by atoms with van der Waals surface area (Å²) in [4.78, 5) is 13.1. The highest BCUT2D eigenvalue weighted by Crippen LogP contribution is 2.15. The van der Waals surface area contributed by atoms with Crippen LogP contribution in [-0.2, 0) is 16.0 Å². The van der Waals surface area contributed by atoms with E-state index >= 15 is 0 Å². The molecule has 0 aliphatic rings. The van der Waals surface area contributed by atoms with Gasteiger partial charge < -0.3 is 15.0 Å². The maximum atomic E-state index is 11.5. The summed E-state index contributed by atoms with van der Waals surface area (Å²) in [5.41, 5.74) is 2.30. The largest absolute Gasteiger partial charge is 0.384 e. The van der Waals surface area contributed by atoms with E-state index in [9.17, 15) is 4.79 Å². The molecule has 1 aromatic rings. The van der Waals surface area contributed by atoms with Crippen LogP contribution < -0.4 is 5.32 Å². The Bertz CT molecular complexity index is 378. The van der Waals surface area contributed by atoms with Gasteiger partial charge in [0.15, 0.2) is 0 Å². The molecule has 0 radical (unpaired) electrons. The van der Waals surface area contributed by atoms with Gasteiger partial charge in [0.05, 0.1) is 6.61 Å². The van der Waals surface area contributed by atoms with Crippen LogP contribution in [0.2, 0.25) is 0 Å². The molecule has 0 aliphatic heterocycles. The van der Waals surface area contributed by atoms with Crippen molar-refractivity contribution in [3.8, 4) is 0 Å². The van der Waals surface area contributed by atoms with Crippen molar-refractivity contribution in [2.75, 3.05) is 39.7 Å². The third-order valence-corrected chi connectivity index (χ3v) is 2.75. The molecule has 1 amide bonds. The van der Waals surface area contributed by atoms with E-state index in [0.29, 0.717) is 19.6 Å². The smallest absolute Gasteiger partial charge is 0.223 e. The molecule has 1 N–H and O–H groups in total. The number of amides is 1. The van der Waals surface area contributed by atoms with Crippen molar-refractivity contribution in [3.05, 3.63) is 29.8 Å². The molecule has 1 rings (SSSR count). The number of nitrogens with zero attached hydrogens (tertiary/aromatic N) is 1. The van der Waals surface area contributed by atoms with Gasteiger partial charge >= 0.3 is 0 Å². The molecule has 4 heteroatoms. The molecular formula is C14H22N2O2. The number of ether oxygens (including phenoxy) is 1. The van der Waals surface area contributed by atoms with Crippen molar-refractivity contribution >= 4 is 11.6 Å². The first-order valence-electron chi connectivity index (χ1n) is 6.16. The fraction of sp³-hybridized carbons (Fsp3) is 0.500. The van der Waals surface area contributed by atoms with Gasteiger partial charge in [0.2, 0.25) is 5.91 Å². The Balaban J connectivity index is 2.48. The van der Waals surface area contributed by atoms with Gasteiger partial charge in [-0.3, -0.25) is 4.79 Å². The number of carbonyl (C=O) groups excluding carboxylic acids is 1. The number of benzene rings is 1. The summed E-state index contributed by atoms with van der Waals surface area (Å²) >= 11 is 0. The number of carbonyl (C=O) groups is 1. The van der Waals surface area contributed by atoms with Gasteiger partial charge in [-0.05, 0) is 18.1 Å². The predicted octanol–water partition coefficient (Wildman–Crippen LogP) is 1.77. The minimum Gasteiger partial charge on any atom is -0.384 e. The minimum absolute atomic E-state index is 0.136. The lowest BCUT2D eigenvalue weighted by molar-refractivity contribution is -0.128. The molecule has 0 bridgehead atoms. The molecule has 0 saturated carbocycles. The van der Waals surface area contributed by atoms with Crippen LogP contribution in [0.3, 0.4) is 0 Å². The summed E-state index contributed by atoms with van der Waals surface area (Å²) < 4.78 is 5.09. The molecule has 1 aromatic carbocycles. The Labute approximate surface area is 109 Å². The van der Waals surface area contributed by atoms with Gasteiger partial charge in [0, 0.05) is 39.9 Å². The van der Waals surface area contributed by atoms with E-state index in [1.54, 1.807) is 26.1 Å². The lowest BCUT2D eigenvalue weighted by Gasteiger charge is -2.13. The van der Waals surface area contributed by atoms with Crippen LogP contribution in [0.4, 0.5) is 5.69 Å². The lowest BCUT2D eigenvalue weighted by atomic mass is 10.1. The normalized spacial score (nSPS) is 10.2. The topological polar surface area (TPSA) is 41.6 Å². The first-order valence-corrected chi connectivity index (χ1v) is 6.16. The highest BCUT2D eigenvalue weighted by molar-refractivity contribution is 5.76. The average Bonchev–Trinajstić information content (AvgIpc) is 2.37. The first kappa shape index (κ1) is 14.5. The molecule has 0 unspecified atom stereocenters. The van der Waals surface area contributed by atoms with E-state index in [2.05, 4.69) is 11.4 Å². The van der Waals surface area contributed by atoms with E-state index in [0.717, 1.165) is 12.1 Å². The predicted molar refractivity (Wildman–Crippen MR) is 73.8 cm³/mol. The van der Waals surface area contributed by atoms with Crippen LogP contribution in [-0.4, -0.2) is 45.2 Å². The summed E-state index contributed by atoms with van der Waals surface area (Å²) in [6.45, 7) is 1.36. The quantitative estimate of drug-likeness (QED) is 0.802. The van der Waals surface area contributed by atoms with Gasteiger partial charge in [0.25, 0.3) is 0 Å². The molecular weight excluding hydrogens is 228 g/mol. The molecule has 0 aliphatic carbocycles. The van der Waals surface area contributed by atoms with Crippen LogP contribution in [0.15, 0.2) is 24.3 Å². The summed E-state index contributed by atoms with van der Waals surface area (Å²) in [6.07, 6.45) is 1.38. The van der Waals surface area contributed by atoms with Crippen molar-refractivity contribution in [2.45, 2.75) is 12.8 Å². The molecule has 18 heavy (non-hydrogen) atoms. The maximum absolute atomic E-state index is 11.5. The van der Waals surface area contributed by atoms with Crippen molar-refractivity contribution < 1.29 is 9.53 Å². The highest BCUT2D eigenvalue weighted by Gasteiger charge is 2.05. The molecule has 0 spiro atoms. The zero-order valence-electron chi connectivity index (χ0n) is 11.4. The summed E-state index contributed by atoms with van der Waals surface area (Å²) in [5, 5.41) is 3.30. The number of hydrogen-bond acceptors (Lipinski definition) is 3. The Morgan fingerprint density at radius 1 is 1.33 bits per heavy atom. The molecule has 0 aromatic heterocycles. The van der Waals surface area contributed by atoms with E-state index in [-0.39, 0.29) is 5.91 Å². The van der Waals surface area contributed by atoms with Gasteiger partial charge in [-0.25, -0.2) is 0 Å². The van der Waals surface area contributed by atoms with Gasteiger partial charge in [-0.15, -0.1) is 0 Å². The van der Waals surface area contributed by atoms with Crippen LogP contribution >= 0.6 is 0 Å². The molecule has 0 atom stereocenters. The monoisotopic (exact) mass is 250 g/mol. The van der Waals surface area contributed by atoms with Crippen molar-refractivity contribution in [3.63, 3.8) is 0 Å². The SMILES string of the molecule is COCCc1ccccc1NCCC(=O)N(C)C. The second-order valence-corrected chi connectivity index (χ2v) is 4.36. The Kier molecular flexibility index (Phi) is 6.22. The summed E-state index contributed by atoms with van der Waals surface area (Å²) in [5.74, 6) is 0.136. The van der Waals surface area contributed by atoms with Crippen molar-refractivity contribution in [1.29, 1.82) is 0 Å². The number of hydrogen-bond donors (Lipinski definition) is 1. The molecule has 0 fully saturated rings. The Hall–Kier alpha value is -1.55.